The highest BCUT2D eigenvalue weighted by Crippen LogP contribution is 2.14. The second-order valence-corrected chi connectivity index (χ2v) is 4.14. The summed E-state index contributed by atoms with van der Waals surface area (Å²) in [5, 5.41) is 12.2. The normalized spacial score (nSPS) is 11.3. The molecule has 1 heterocycles. The number of hydrogen-bond donors (Lipinski definition) is 2. The van der Waals surface area contributed by atoms with Gasteiger partial charge in [0.1, 0.15) is 5.69 Å². The zero-order valence-electron chi connectivity index (χ0n) is 10.5. The summed E-state index contributed by atoms with van der Waals surface area (Å²) in [7, 11) is 0. The highest BCUT2D eigenvalue weighted by molar-refractivity contribution is 5.92. The van der Waals surface area contributed by atoms with Gasteiger partial charge in [0.15, 0.2) is 0 Å². The molecule has 0 aliphatic carbocycles. The molecule has 2 N–H and O–H groups in total. The van der Waals surface area contributed by atoms with Gasteiger partial charge in [-0.15, -0.1) is 0 Å². The number of aliphatic hydroxyl groups is 1. The third-order valence-corrected chi connectivity index (χ3v) is 3.05. The summed E-state index contributed by atoms with van der Waals surface area (Å²) in [6, 6.07) is 0. The second kappa shape index (κ2) is 5.72. The maximum absolute atomic E-state index is 11.9. The minimum atomic E-state index is -0.566. The fourth-order valence-corrected chi connectivity index (χ4v) is 1.50. The molecule has 0 radical (unpaired) electrons. The number of aryl methyl sites for hydroxylation is 1. The lowest BCUT2D eigenvalue weighted by Crippen LogP contribution is -2.50. The van der Waals surface area contributed by atoms with Crippen LogP contribution in [0.2, 0.25) is 0 Å². The zero-order valence-corrected chi connectivity index (χ0v) is 10.5. The van der Waals surface area contributed by atoms with Crippen molar-refractivity contribution in [1.82, 2.24) is 15.3 Å². The van der Waals surface area contributed by atoms with Crippen LogP contribution in [0.15, 0.2) is 12.4 Å². The van der Waals surface area contributed by atoms with E-state index in [2.05, 4.69) is 15.3 Å². The number of carbonyl (C=O) groups excluding carboxylic acids is 1. The molecule has 94 valence electrons. The standard InChI is InChI=1S/C12H19N3O2/c1-4-12(5-2,8-16)15-11(17)10-7-13-9(3)6-14-10/h6-7,16H,4-5,8H2,1-3H3,(H,15,17). The van der Waals surface area contributed by atoms with E-state index in [0.29, 0.717) is 12.8 Å². The van der Waals surface area contributed by atoms with E-state index in [1.54, 1.807) is 6.20 Å². The first-order valence-corrected chi connectivity index (χ1v) is 5.79. The molecule has 17 heavy (non-hydrogen) atoms. The molecule has 5 heteroatoms. The maximum Gasteiger partial charge on any atom is 0.271 e. The Morgan fingerprint density at radius 2 is 2.00 bits per heavy atom. The van der Waals surface area contributed by atoms with Gasteiger partial charge in [0.2, 0.25) is 0 Å². The number of aliphatic hydroxyl groups excluding tert-OH is 1. The predicted octanol–water partition coefficient (Wildman–Crippen LogP) is 1.07. The molecule has 5 nitrogen and oxygen atoms in total. The van der Waals surface area contributed by atoms with Crippen LogP contribution in [0.3, 0.4) is 0 Å². The molecule has 1 rings (SSSR count). The topological polar surface area (TPSA) is 75.1 Å². The molecular formula is C12H19N3O2. The van der Waals surface area contributed by atoms with E-state index in [1.165, 1.54) is 6.20 Å². The van der Waals surface area contributed by atoms with Crippen LogP contribution in [-0.4, -0.2) is 33.1 Å². The van der Waals surface area contributed by atoms with Crippen LogP contribution in [0.25, 0.3) is 0 Å². The summed E-state index contributed by atoms with van der Waals surface area (Å²) >= 11 is 0. The fourth-order valence-electron chi connectivity index (χ4n) is 1.50. The summed E-state index contributed by atoms with van der Waals surface area (Å²) < 4.78 is 0. The molecule has 0 spiro atoms. The molecule has 0 saturated carbocycles. The Balaban J connectivity index is 2.81. The molecular weight excluding hydrogens is 218 g/mol. The first-order chi connectivity index (χ1) is 8.06. The fraction of sp³-hybridized carbons (Fsp3) is 0.583. The quantitative estimate of drug-likeness (QED) is 0.803. The van der Waals surface area contributed by atoms with E-state index in [4.69, 9.17) is 0 Å². The smallest absolute Gasteiger partial charge is 0.271 e. The van der Waals surface area contributed by atoms with Gasteiger partial charge in [-0.3, -0.25) is 9.78 Å². The van der Waals surface area contributed by atoms with Crippen molar-refractivity contribution < 1.29 is 9.90 Å². The van der Waals surface area contributed by atoms with Crippen molar-refractivity contribution in [3.8, 4) is 0 Å². The molecule has 0 unspecified atom stereocenters. The van der Waals surface area contributed by atoms with Crippen LogP contribution in [-0.2, 0) is 0 Å². The van der Waals surface area contributed by atoms with Crippen LogP contribution in [0.1, 0.15) is 42.9 Å². The number of nitrogens with one attached hydrogen (secondary N) is 1. The van der Waals surface area contributed by atoms with Crippen LogP contribution in [0.4, 0.5) is 0 Å². The van der Waals surface area contributed by atoms with Gasteiger partial charge in [-0.1, -0.05) is 13.8 Å². The predicted molar refractivity (Wildman–Crippen MR) is 64.6 cm³/mol. The van der Waals surface area contributed by atoms with Gasteiger partial charge < -0.3 is 10.4 Å². The molecule has 0 aliphatic heterocycles. The minimum Gasteiger partial charge on any atom is -0.394 e. The van der Waals surface area contributed by atoms with E-state index in [1.807, 2.05) is 20.8 Å². The van der Waals surface area contributed by atoms with Crippen molar-refractivity contribution in [3.63, 3.8) is 0 Å². The van der Waals surface area contributed by atoms with E-state index in [9.17, 15) is 9.90 Å². The summed E-state index contributed by atoms with van der Waals surface area (Å²) in [5.41, 5.74) is 0.472. The van der Waals surface area contributed by atoms with Gasteiger partial charge in [-0.2, -0.15) is 0 Å². The number of amides is 1. The number of nitrogens with zero attached hydrogens (tertiary/aromatic N) is 2. The summed E-state index contributed by atoms with van der Waals surface area (Å²) in [6.45, 7) is 5.59. The molecule has 1 aromatic heterocycles. The van der Waals surface area contributed by atoms with Gasteiger partial charge in [0, 0.05) is 6.20 Å². The molecule has 0 aliphatic rings. The Morgan fingerprint density at radius 1 is 1.35 bits per heavy atom. The van der Waals surface area contributed by atoms with Gasteiger partial charge in [0.05, 0.1) is 24.0 Å². The summed E-state index contributed by atoms with van der Waals surface area (Å²) in [4.78, 5) is 20.0. The highest BCUT2D eigenvalue weighted by Gasteiger charge is 2.28. The zero-order chi connectivity index (χ0) is 12.9. The minimum absolute atomic E-state index is 0.0783. The Kier molecular flexibility index (Phi) is 4.57. The Morgan fingerprint density at radius 3 is 2.41 bits per heavy atom. The second-order valence-electron chi connectivity index (χ2n) is 4.14. The van der Waals surface area contributed by atoms with E-state index < -0.39 is 5.54 Å². The van der Waals surface area contributed by atoms with E-state index >= 15 is 0 Å². The van der Waals surface area contributed by atoms with Gasteiger partial charge in [0.25, 0.3) is 5.91 Å². The number of aromatic nitrogens is 2. The van der Waals surface area contributed by atoms with Crippen molar-refractivity contribution in [1.29, 1.82) is 0 Å². The lowest BCUT2D eigenvalue weighted by Gasteiger charge is -2.30. The molecule has 0 fully saturated rings. The van der Waals surface area contributed by atoms with Crippen LogP contribution in [0, 0.1) is 6.92 Å². The summed E-state index contributed by atoms with van der Waals surface area (Å²) in [5.74, 6) is -0.296. The first-order valence-electron chi connectivity index (χ1n) is 5.79. The average Bonchev–Trinajstić information content (AvgIpc) is 2.37. The summed E-state index contributed by atoms with van der Waals surface area (Å²) in [6.07, 6.45) is 4.33. The van der Waals surface area contributed by atoms with E-state index in [-0.39, 0.29) is 18.2 Å². The van der Waals surface area contributed by atoms with E-state index in [0.717, 1.165) is 5.69 Å². The third-order valence-electron chi connectivity index (χ3n) is 3.05. The van der Waals surface area contributed by atoms with Crippen molar-refractivity contribution in [2.45, 2.75) is 39.2 Å². The Hall–Kier alpha value is -1.49. The third kappa shape index (κ3) is 3.23. The molecule has 1 amide bonds. The first kappa shape index (κ1) is 13.6. The average molecular weight is 237 g/mol. The molecule has 0 saturated heterocycles. The van der Waals surface area contributed by atoms with Crippen molar-refractivity contribution in [2.75, 3.05) is 6.61 Å². The molecule has 0 aromatic carbocycles. The van der Waals surface area contributed by atoms with Crippen LogP contribution < -0.4 is 5.32 Å². The van der Waals surface area contributed by atoms with Gasteiger partial charge in [-0.05, 0) is 19.8 Å². The van der Waals surface area contributed by atoms with Crippen molar-refractivity contribution in [3.05, 3.63) is 23.8 Å². The number of carbonyl (C=O) groups is 1. The van der Waals surface area contributed by atoms with Crippen molar-refractivity contribution >= 4 is 5.91 Å². The lowest BCUT2D eigenvalue weighted by molar-refractivity contribution is 0.0812. The van der Waals surface area contributed by atoms with Crippen LogP contribution >= 0.6 is 0 Å². The largest absolute Gasteiger partial charge is 0.394 e. The SMILES string of the molecule is CCC(CC)(CO)NC(=O)c1cnc(C)cn1. The monoisotopic (exact) mass is 237 g/mol. The Bertz CT molecular complexity index is 364. The maximum atomic E-state index is 11.9. The van der Waals surface area contributed by atoms with Gasteiger partial charge >= 0.3 is 0 Å². The molecule has 1 aromatic rings. The molecule has 0 atom stereocenters. The van der Waals surface area contributed by atoms with Crippen molar-refractivity contribution in [2.24, 2.45) is 0 Å². The van der Waals surface area contributed by atoms with Gasteiger partial charge in [-0.25, -0.2) is 4.98 Å². The number of rotatable bonds is 5. The Labute approximate surface area is 101 Å². The lowest BCUT2D eigenvalue weighted by atomic mass is 9.94. The van der Waals surface area contributed by atoms with Crippen LogP contribution in [0.5, 0.6) is 0 Å². The highest BCUT2D eigenvalue weighted by atomic mass is 16.3. The molecule has 0 bridgehead atoms. The number of hydrogen-bond acceptors (Lipinski definition) is 4.